The Morgan fingerprint density at radius 2 is 2.16 bits per heavy atom. The summed E-state index contributed by atoms with van der Waals surface area (Å²) < 4.78 is 6.21. The normalized spacial score (nSPS) is 15.8. The van der Waals surface area contributed by atoms with E-state index in [1.165, 1.54) is 28.8 Å². The van der Waals surface area contributed by atoms with E-state index < -0.39 is 5.97 Å². The van der Waals surface area contributed by atoms with Crippen molar-refractivity contribution in [3.63, 3.8) is 0 Å². The van der Waals surface area contributed by atoms with Crippen LogP contribution >= 0.6 is 24.0 Å². The number of nitrogens with zero attached hydrogens (tertiary/aromatic N) is 1. The second-order valence-electron chi connectivity index (χ2n) is 5.17. The van der Waals surface area contributed by atoms with Crippen molar-refractivity contribution in [2.24, 2.45) is 0 Å². The van der Waals surface area contributed by atoms with Gasteiger partial charge in [0, 0.05) is 18.2 Å². The molecule has 0 unspecified atom stereocenters. The molecule has 0 saturated carbocycles. The van der Waals surface area contributed by atoms with Crippen LogP contribution in [0, 0.1) is 0 Å². The quantitative estimate of drug-likeness (QED) is 0.486. The summed E-state index contributed by atoms with van der Waals surface area (Å²) in [6, 6.07) is 9.93. The van der Waals surface area contributed by atoms with Crippen molar-refractivity contribution in [1.82, 2.24) is 4.90 Å². The first kappa shape index (κ1) is 17.2. The first-order valence-corrected chi connectivity index (χ1v) is 8.52. The summed E-state index contributed by atoms with van der Waals surface area (Å²) in [6.07, 6.45) is 3.25. The lowest BCUT2D eigenvalue weighted by Gasteiger charge is -2.10. The van der Waals surface area contributed by atoms with Crippen LogP contribution in [-0.2, 0) is 4.79 Å². The maximum atomic E-state index is 12.3. The van der Waals surface area contributed by atoms with E-state index >= 15 is 0 Å². The van der Waals surface area contributed by atoms with Crippen molar-refractivity contribution < 1.29 is 19.1 Å². The van der Waals surface area contributed by atoms with Crippen LogP contribution in [0.4, 0.5) is 0 Å². The number of benzene rings is 1. The lowest BCUT2D eigenvalue weighted by molar-refractivity contribution is -0.121. The molecule has 1 aliphatic heterocycles. The van der Waals surface area contributed by atoms with Gasteiger partial charge in [-0.05, 0) is 24.3 Å². The fourth-order valence-electron chi connectivity index (χ4n) is 2.31. The number of aromatic carboxylic acids is 1. The lowest BCUT2D eigenvalue weighted by Crippen LogP contribution is -2.27. The smallest absolute Gasteiger partial charge is 0.335 e. The number of thiocarbonyl (C=S) groups is 1. The summed E-state index contributed by atoms with van der Waals surface area (Å²) in [5.41, 5.74) is 0.833. The zero-order valence-electron chi connectivity index (χ0n) is 13.0. The molecule has 0 aliphatic carbocycles. The number of furan rings is 1. The van der Waals surface area contributed by atoms with Gasteiger partial charge in [0.1, 0.15) is 15.8 Å². The van der Waals surface area contributed by atoms with Gasteiger partial charge in [0.2, 0.25) is 0 Å². The van der Waals surface area contributed by atoms with Crippen LogP contribution in [0.5, 0.6) is 0 Å². The number of rotatable bonds is 5. The summed E-state index contributed by atoms with van der Waals surface area (Å²) in [4.78, 5) is 25.3. The van der Waals surface area contributed by atoms with Gasteiger partial charge in [-0.1, -0.05) is 42.2 Å². The third kappa shape index (κ3) is 3.57. The molecular formula is C18H13NO4S2. The summed E-state index contributed by atoms with van der Waals surface area (Å²) in [5, 5.41) is 9.07. The maximum absolute atomic E-state index is 12.3. The van der Waals surface area contributed by atoms with Crippen molar-refractivity contribution in [2.45, 2.75) is 0 Å². The third-order valence-electron chi connectivity index (χ3n) is 3.48. The Morgan fingerprint density at radius 1 is 1.36 bits per heavy atom. The molecule has 1 aromatic heterocycles. The Balaban J connectivity index is 1.86. The van der Waals surface area contributed by atoms with Crippen molar-refractivity contribution >= 4 is 46.3 Å². The highest BCUT2D eigenvalue weighted by atomic mass is 32.2. The summed E-state index contributed by atoms with van der Waals surface area (Å²) in [6.45, 7) is 3.98. The predicted molar refractivity (Wildman–Crippen MR) is 101 cm³/mol. The molecule has 5 nitrogen and oxygen atoms in total. The van der Waals surface area contributed by atoms with Gasteiger partial charge in [0.05, 0.1) is 10.5 Å². The van der Waals surface area contributed by atoms with Crippen LogP contribution in [0.1, 0.15) is 16.1 Å². The van der Waals surface area contributed by atoms with Gasteiger partial charge >= 0.3 is 5.97 Å². The Morgan fingerprint density at radius 3 is 2.88 bits per heavy atom. The topological polar surface area (TPSA) is 70.8 Å². The summed E-state index contributed by atoms with van der Waals surface area (Å²) in [7, 11) is 0. The van der Waals surface area contributed by atoms with Gasteiger partial charge in [-0.2, -0.15) is 0 Å². The first-order valence-electron chi connectivity index (χ1n) is 7.29. The Kier molecular flexibility index (Phi) is 4.87. The van der Waals surface area contributed by atoms with E-state index in [2.05, 4.69) is 6.58 Å². The van der Waals surface area contributed by atoms with Gasteiger partial charge in [-0.3, -0.25) is 9.69 Å². The average Bonchev–Trinajstić information content (AvgIpc) is 3.16. The molecule has 1 amide bonds. The minimum Gasteiger partial charge on any atom is -0.478 e. The van der Waals surface area contributed by atoms with E-state index in [0.29, 0.717) is 32.9 Å². The highest BCUT2D eigenvalue weighted by molar-refractivity contribution is 8.26. The molecule has 7 heteroatoms. The van der Waals surface area contributed by atoms with Crippen molar-refractivity contribution in [3.05, 3.63) is 65.3 Å². The second kappa shape index (κ2) is 7.08. The van der Waals surface area contributed by atoms with Crippen molar-refractivity contribution in [1.29, 1.82) is 0 Å². The van der Waals surface area contributed by atoms with E-state index in [1.807, 2.05) is 0 Å². The van der Waals surface area contributed by atoms with Gasteiger partial charge in [0.15, 0.2) is 0 Å². The summed E-state index contributed by atoms with van der Waals surface area (Å²) >= 11 is 6.40. The molecule has 1 aliphatic rings. The zero-order valence-corrected chi connectivity index (χ0v) is 14.6. The molecule has 0 atom stereocenters. The molecule has 0 bridgehead atoms. The van der Waals surface area contributed by atoms with Gasteiger partial charge in [-0.15, -0.1) is 6.58 Å². The third-order valence-corrected chi connectivity index (χ3v) is 4.86. The molecular weight excluding hydrogens is 358 g/mol. The zero-order chi connectivity index (χ0) is 18.0. The minimum absolute atomic E-state index is 0.180. The Hall–Kier alpha value is -2.64. The van der Waals surface area contributed by atoms with Crippen molar-refractivity contribution in [3.8, 4) is 11.3 Å². The molecule has 126 valence electrons. The van der Waals surface area contributed by atoms with Gasteiger partial charge in [0.25, 0.3) is 5.91 Å². The Bertz CT molecular complexity index is 913. The number of hydrogen-bond donors (Lipinski definition) is 1. The number of thioether (sulfide) groups is 1. The SMILES string of the molecule is C=CCN1C(=O)/C(=C\c2ccc(-c3cccc(C(=O)O)c3)o2)SC1=S. The van der Waals surface area contributed by atoms with Crippen LogP contribution in [0.3, 0.4) is 0 Å². The molecule has 2 aromatic rings. The van der Waals surface area contributed by atoms with Crippen LogP contribution in [0.25, 0.3) is 17.4 Å². The fraction of sp³-hybridized carbons (Fsp3) is 0.0556. The molecule has 2 heterocycles. The van der Waals surface area contributed by atoms with Crippen LogP contribution in [0.2, 0.25) is 0 Å². The molecule has 1 saturated heterocycles. The number of carboxylic acids is 1. The van der Waals surface area contributed by atoms with Crippen LogP contribution in [-0.4, -0.2) is 32.7 Å². The molecule has 1 fully saturated rings. The van der Waals surface area contributed by atoms with Crippen molar-refractivity contribution in [2.75, 3.05) is 6.54 Å². The number of hydrogen-bond acceptors (Lipinski definition) is 5. The lowest BCUT2D eigenvalue weighted by atomic mass is 10.1. The number of carbonyl (C=O) groups is 2. The second-order valence-corrected chi connectivity index (χ2v) is 6.84. The number of amides is 1. The maximum Gasteiger partial charge on any atom is 0.335 e. The average molecular weight is 371 g/mol. The molecule has 25 heavy (non-hydrogen) atoms. The predicted octanol–water partition coefficient (Wildman–Crippen LogP) is 4.03. The van der Waals surface area contributed by atoms with E-state index in [0.717, 1.165) is 0 Å². The number of carbonyl (C=O) groups excluding carboxylic acids is 1. The van der Waals surface area contributed by atoms with E-state index in [1.54, 1.807) is 36.4 Å². The van der Waals surface area contributed by atoms with Gasteiger partial charge < -0.3 is 9.52 Å². The van der Waals surface area contributed by atoms with E-state index in [4.69, 9.17) is 21.7 Å². The van der Waals surface area contributed by atoms with E-state index in [-0.39, 0.29) is 11.5 Å². The summed E-state index contributed by atoms with van der Waals surface area (Å²) in [5.74, 6) is -0.161. The van der Waals surface area contributed by atoms with E-state index in [9.17, 15) is 9.59 Å². The highest BCUT2D eigenvalue weighted by Crippen LogP contribution is 2.33. The largest absolute Gasteiger partial charge is 0.478 e. The first-order chi connectivity index (χ1) is 12.0. The standard InChI is InChI=1S/C18H13NO4S2/c1-2-8-19-16(20)15(25-18(19)24)10-13-6-7-14(23-13)11-4-3-5-12(9-11)17(21)22/h2-7,9-10H,1,8H2,(H,21,22)/b15-10+. The van der Waals surface area contributed by atoms with Crippen LogP contribution in [0.15, 0.2) is 58.4 Å². The van der Waals surface area contributed by atoms with Crippen LogP contribution < -0.4 is 0 Å². The molecule has 0 spiro atoms. The molecule has 3 rings (SSSR count). The fourth-order valence-corrected chi connectivity index (χ4v) is 3.56. The highest BCUT2D eigenvalue weighted by Gasteiger charge is 2.31. The Labute approximate surface area is 153 Å². The minimum atomic E-state index is -1.00. The molecule has 1 aromatic carbocycles. The monoisotopic (exact) mass is 371 g/mol. The number of carboxylic acid groups (broad SMARTS) is 1. The molecule has 1 N–H and O–H groups in total. The van der Waals surface area contributed by atoms with Gasteiger partial charge in [-0.25, -0.2) is 4.79 Å². The molecule has 0 radical (unpaired) electrons.